The second-order valence-corrected chi connectivity index (χ2v) is 5.84. The Labute approximate surface area is 142 Å². The fourth-order valence-corrected chi connectivity index (χ4v) is 2.62. The minimum absolute atomic E-state index is 0.126. The summed E-state index contributed by atoms with van der Waals surface area (Å²) in [5.74, 6) is 0.0944. The summed E-state index contributed by atoms with van der Waals surface area (Å²) in [6, 6.07) is 7.20. The average molecular weight is 347 g/mol. The summed E-state index contributed by atoms with van der Waals surface area (Å²) in [5.41, 5.74) is 1.18. The molecule has 1 amide bonds. The van der Waals surface area contributed by atoms with Gasteiger partial charge in [-0.2, -0.15) is 4.98 Å². The van der Waals surface area contributed by atoms with Crippen molar-refractivity contribution < 1.29 is 9.32 Å². The minimum Gasteiger partial charge on any atom is -0.350 e. The monoisotopic (exact) mass is 346 g/mol. The maximum Gasteiger partial charge on any atom is 0.267 e. The van der Waals surface area contributed by atoms with Crippen LogP contribution in [0.3, 0.4) is 0 Å². The number of nitrogens with zero attached hydrogens (tertiary/aromatic N) is 3. The molecule has 1 N–H and O–H groups in total. The van der Waals surface area contributed by atoms with Crippen LogP contribution < -0.4 is 10.9 Å². The van der Waals surface area contributed by atoms with Crippen LogP contribution in [0.5, 0.6) is 0 Å². The Balaban J connectivity index is 1.78. The van der Waals surface area contributed by atoms with Gasteiger partial charge in [-0.25, -0.2) is 0 Å². The van der Waals surface area contributed by atoms with E-state index in [9.17, 15) is 9.59 Å². The molecule has 0 saturated heterocycles. The van der Waals surface area contributed by atoms with Crippen molar-refractivity contribution in [2.45, 2.75) is 26.9 Å². The van der Waals surface area contributed by atoms with E-state index in [2.05, 4.69) is 15.5 Å². The van der Waals surface area contributed by atoms with E-state index in [0.29, 0.717) is 28.5 Å². The highest BCUT2D eigenvalue weighted by Crippen LogP contribution is 2.12. The number of halogens is 1. The third-order valence-corrected chi connectivity index (χ3v) is 3.87. The number of carbonyl (C=O) groups excluding carboxylic acids is 1. The quantitative estimate of drug-likeness (QED) is 0.780. The molecule has 0 radical (unpaired) electrons. The molecule has 1 aromatic carbocycles. The molecule has 0 unspecified atom stereocenters. The molecular formula is C16H15ClN4O3. The van der Waals surface area contributed by atoms with Gasteiger partial charge in [-0.3, -0.25) is 14.2 Å². The largest absolute Gasteiger partial charge is 0.350 e. The number of hydrogen-bond acceptors (Lipinski definition) is 5. The molecule has 3 aromatic rings. The molecule has 124 valence electrons. The molecule has 2 aromatic heterocycles. The molecule has 0 aliphatic rings. The van der Waals surface area contributed by atoms with Crippen LogP contribution in [0.1, 0.15) is 17.1 Å². The lowest BCUT2D eigenvalue weighted by atomic mass is 10.2. The van der Waals surface area contributed by atoms with Crippen molar-refractivity contribution in [1.82, 2.24) is 20.0 Å². The standard InChI is InChI=1S/C16H15ClN4O3/c1-9-14-15(24-20-9)19-10(2)21(16(14)23)8-13(22)18-7-11-4-3-5-12(17)6-11/h3-6H,7-8H2,1-2H3,(H,18,22). The van der Waals surface area contributed by atoms with Gasteiger partial charge in [0.15, 0.2) is 0 Å². The molecule has 0 fully saturated rings. The molecule has 0 atom stereocenters. The Kier molecular flexibility index (Phi) is 4.35. The molecule has 7 nitrogen and oxygen atoms in total. The van der Waals surface area contributed by atoms with Gasteiger partial charge in [0, 0.05) is 11.6 Å². The Morgan fingerprint density at radius 1 is 1.38 bits per heavy atom. The van der Waals surface area contributed by atoms with Crippen molar-refractivity contribution in [3.05, 3.63) is 56.7 Å². The molecular weight excluding hydrogens is 332 g/mol. The third-order valence-electron chi connectivity index (χ3n) is 3.64. The zero-order chi connectivity index (χ0) is 17.3. The van der Waals surface area contributed by atoms with Crippen molar-refractivity contribution in [1.29, 1.82) is 0 Å². The summed E-state index contributed by atoms with van der Waals surface area (Å²) in [6.45, 7) is 3.50. The number of amides is 1. The van der Waals surface area contributed by atoms with E-state index in [1.165, 1.54) is 4.57 Å². The molecule has 0 spiro atoms. The van der Waals surface area contributed by atoms with Crippen molar-refractivity contribution in [2.75, 3.05) is 0 Å². The highest BCUT2D eigenvalue weighted by Gasteiger charge is 2.16. The first-order chi connectivity index (χ1) is 11.5. The summed E-state index contributed by atoms with van der Waals surface area (Å²) in [7, 11) is 0. The average Bonchev–Trinajstić information content (AvgIpc) is 2.90. The number of carbonyl (C=O) groups is 1. The van der Waals surface area contributed by atoms with Crippen LogP contribution in [0.4, 0.5) is 0 Å². The van der Waals surface area contributed by atoms with Gasteiger partial charge >= 0.3 is 0 Å². The second kappa shape index (κ2) is 6.45. The first-order valence-electron chi connectivity index (χ1n) is 7.30. The van der Waals surface area contributed by atoms with E-state index in [1.807, 2.05) is 12.1 Å². The summed E-state index contributed by atoms with van der Waals surface area (Å²) in [5, 5.41) is 7.40. The van der Waals surface area contributed by atoms with Gasteiger partial charge in [0.1, 0.15) is 17.8 Å². The molecule has 0 aliphatic heterocycles. The first-order valence-corrected chi connectivity index (χ1v) is 7.68. The number of hydrogen-bond donors (Lipinski definition) is 1. The summed E-state index contributed by atoms with van der Waals surface area (Å²) < 4.78 is 6.30. The van der Waals surface area contributed by atoms with Crippen LogP contribution in [-0.4, -0.2) is 20.6 Å². The predicted octanol–water partition coefficient (Wildman–Crippen LogP) is 1.97. The Morgan fingerprint density at radius 3 is 2.92 bits per heavy atom. The number of aromatic nitrogens is 3. The van der Waals surface area contributed by atoms with E-state index in [4.69, 9.17) is 16.1 Å². The van der Waals surface area contributed by atoms with Crippen LogP contribution in [0.25, 0.3) is 11.1 Å². The summed E-state index contributed by atoms with van der Waals surface area (Å²) in [4.78, 5) is 28.9. The fourth-order valence-electron chi connectivity index (χ4n) is 2.40. The third kappa shape index (κ3) is 3.16. The highest BCUT2D eigenvalue weighted by molar-refractivity contribution is 6.30. The topological polar surface area (TPSA) is 90.0 Å². The normalized spacial score (nSPS) is 11.0. The zero-order valence-corrected chi connectivity index (χ0v) is 13.9. The number of nitrogens with one attached hydrogen (secondary N) is 1. The maximum absolute atomic E-state index is 12.5. The lowest BCUT2D eigenvalue weighted by Crippen LogP contribution is -2.33. The molecule has 0 bridgehead atoms. The SMILES string of the molecule is Cc1noc2nc(C)n(CC(=O)NCc3cccc(Cl)c3)c(=O)c12. The number of benzene rings is 1. The number of fused-ring (bicyclic) bond motifs is 1. The highest BCUT2D eigenvalue weighted by atomic mass is 35.5. The van der Waals surface area contributed by atoms with E-state index in [-0.39, 0.29) is 23.7 Å². The van der Waals surface area contributed by atoms with E-state index < -0.39 is 0 Å². The van der Waals surface area contributed by atoms with Gasteiger partial charge in [-0.1, -0.05) is 28.9 Å². The van der Waals surface area contributed by atoms with Crippen LogP contribution in [0, 0.1) is 13.8 Å². The van der Waals surface area contributed by atoms with Gasteiger partial charge in [-0.05, 0) is 31.5 Å². The van der Waals surface area contributed by atoms with Gasteiger partial charge in [0.25, 0.3) is 11.3 Å². The Morgan fingerprint density at radius 2 is 2.17 bits per heavy atom. The van der Waals surface area contributed by atoms with Crippen molar-refractivity contribution in [3.63, 3.8) is 0 Å². The van der Waals surface area contributed by atoms with Gasteiger partial charge in [-0.15, -0.1) is 0 Å². The molecule has 0 aliphatic carbocycles. The predicted molar refractivity (Wildman–Crippen MR) is 88.8 cm³/mol. The van der Waals surface area contributed by atoms with E-state index >= 15 is 0 Å². The van der Waals surface area contributed by atoms with Gasteiger partial charge in [0.2, 0.25) is 5.91 Å². The maximum atomic E-state index is 12.5. The number of rotatable bonds is 4. The Bertz CT molecular complexity index is 977. The fraction of sp³-hybridized carbons (Fsp3) is 0.250. The smallest absolute Gasteiger partial charge is 0.267 e. The molecule has 2 heterocycles. The van der Waals surface area contributed by atoms with Crippen molar-refractivity contribution in [2.24, 2.45) is 0 Å². The molecule has 8 heteroatoms. The van der Waals surface area contributed by atoms with E-state index in [1.54, 1.807) is 26.0 Å². The lowest BCUT2D eigenvalue weighted by Gasteiger charge is -2.10. The second-order valence-electron chi connectivity index (χ2n) is 5.41. The van der Waals surface area contributed by atoms with Crippen LogP contribution in [-0.2, 0) is 17.9 Å². The van der Waals surface area contributed by atoms with Crippen LogP contribution >= 0.6 is 11.6 Å². The van der Waals surface area contributed by atoms with Crippen molar-refractivity contribution >= 4 is 28.6 Å². The van der Waals surface area contributed by atoms with Gasteiger partial charge < -0.3 is 9.84 Å². The van der Waals surface area contributed by atoms with Crippen LogP contribution in [0.15, 0.2) is 33.6 Å². The lowest BCUT2D eigenvalue weighted by molar-refractivity contribution is -0.121. The number of aryl methyl sites for hydroxylation is 2. The molecule has 24 heavy (non-hydrogen) atoms. The first kappa shape index (κ1) is 16.2. The van der Waals surface area contributed by atoms with Crippen LogP contribution in [0.2, 0.25) is 5.02 Å². The Hall–Kier alpha value is -2.67. The minimum atomic E-state index is -0.339. The zero-order valence-electron chi connectivity index (χ0n) is 13.2. The summed E-state index contributed by atoms with van der Waals surface area (Å²) in [6.07, 6.45) is 0. The van der Waals surface area contributed by atoms with Crippen molar-refractivity contribution in [3.8, 4) is 0 Å². The van der Waals surface area contributed by atoms with E-state index in [0.717, 1.165) is 5.56 Å². The molecule has 3 rings (SSSR count). The molecule has 0 saturated carbocycles. The van der Waals surface area contributed by atoms with Gasteiger partial charge in [0.05, 0.1) is 5.69 Å². The summed E-state index contributed by atoms with van der Waals surface area (Å²) >= 11 is 5.91.